The molecule has 0 saturated carbocycles. The molecule has 3 rings (SSSR count). The van der Waals surface area contributed by atoms with Gasteiger partial charge in [-0.25, -0.2) is 0 Å². The van der Waals surface area contributed by atoms with Gasteiger partial charge in [0, 0.05) is 9.26 Å². The van der Waals surface area contributed by atoms with Crippen molar-refractivity contribution < 1.29 is 4.79 Å². The van der Waals surface area contributed by atoms with E-state index in [1.54, 1.807) is 0 Å². The Bertz CT molecular complexity index is 667. The monoisotopic (exact) mass is 392 g/mol. The average molecular weight is 392 g/mol. The smallest absolute Gasteiger partial charge is 0.228 e. The molecule has 1 heterocycles. The summed E-state index contributed by atoms with van der Waals surface area (Å²) in [6.45, 7) is 3.00. The molecule has 0 fully saturated rings. The fraction of sp³-hybridized carbons (Fsp3) is 0.235. The zero-order valence-electron chi connectivity index (χ0n) is 11.8. The Morgan fingerprint density at radius 3 is 2.62 bits per heavy atom. The van der Waals surface area contributed by atoms with Crippen molar-refractivity contribution in [2.75, 3.05) is 11.9 Å². The van der Waals surface area contributed by atoms with Gasteiger partial charge in [0.1, 0.15) is 0 Å². The highest BCUT2D eigenvalue weighted by Gasteiger charge is 2.20. The maximum Gasteiger partial charge on any atom is 0.228 e. The minimum atomic E-state index is 0.0800. The minimum Gasteiger partial charge on any atom is -0.326 e. The van der Waals surface area contributed by atoms with Gasteiger partial charge in [-0.15, -0.1) is 0 Å². The second-order valence-electron chi connectivity index (χ2n) is 5.18. The number of anilines is 1. The number of hydrogen-bond donors (Lipinski definition) is 2. The maximum atomic E-state index is 11.5. The highest BCUT2D eigenvalue weighted by molar-refractivity contribution is 14.1. The third-order valence-electron chi connectivity index (χ3n) is 3.70. The number of carbonyl (C=O) groups excluding carboxylic acids is 1. The molecule has 0 spiro atoms. The second-order valence-corrected chi connectivity index (χ2v) is 6.43. The molecule has 1 amide bonds. The molecule has 4 heteroatoms. The maximum absolute atomic E-state index is 11.5. The van der Waals surface area contributed by atoms with Gasteiger partial charge >= 0.3 is 0 Å². The Morgan fingerprint density at radius 2 is 1.90 bits per heavy atom. The van der Waals surface area contributed by atoms with Gasteiger partial charge in [-0.1, -0.05) is 31.2 Å². The molecular formula is C17H17IN2O. The standard InChI is InChI=1S/C17H17IN2O/c1-2-19-17(11-3-6-14(18)7-4-11)12-5-8-15-13(9-12)10-16(21)20-15/h3-9,17,19H,2,10H2,1H3,(H,20,21). The van der Waals surface area contributed by atoms with Crippen molar-refractivity contribution in [1.82, 2.24) is 5.32 Å². The first kappa shape index (κ1) is 14.5. The number of rotatable bonds is 4. The summed E-state index contributed by atoms with van der Waals surface area (Å²) >= 11 is 2.32. The van der Waals surface area contributed by atoms with E-state index in [0.29, 0.717) is 6.42 Å². The van der Waals surface area contributed by atoms with E-state index in [1.165, 1.54) is 14.7 Å². The van der Waals surface area contributed by atoms with Crippen molar-refractivity contribution in [2.24, 2.45) is 0 Å². The summed E-state index contributed by atoms with van der Waals surface area (Å²) in [6.07, 6.45) is 0.481. The molecule has 2 aromatic carbocycles. The van der Waals surface area contributed by atoms with Crippen LogP contribution in [0.15, 0.2) is 42.5 Å². The molecular weight excluding hydrogens is 375 g/mol. The van der Waals surface area contributed by atoms with E-state index in [0.717, 1.165) is 17.8 Å². The SMILES string of the molecule is CCNC(c1ccc(I)cc1)c1ccc2c(c1)CC(=O)N2. The van der Waals surface area contributed by atoms with Crippen LogP contribution in [0.5, 0.6) is 0 Å². The summed E-state index contributed by atoms with van der Waals surface area (Å²) in [6, 6.07) is 15.0. The number of benzene rings is 2. The van der Waals surface area contributed by atoms with E-state index in [4.69, 9.17) is 0 Å². The number of amides is 1. The molecule has 21 heavy (non-hydrogen) atoms. The zero-order chi connectivity index (χ0) is 14.8. The van der Waals surface area contributed by atoms with E-state index in [-0.39, 0.29) is 11.9 Å². The van der Waals surface area contributed by atoms with Crippen molar-refractivity contribution in [3.63, 3.8) is 0 Å². The van der Waals surface area contributed by atoms with Crippen molar-refractivity contribution in [3.05, 3.63) is 62.7 Å². The van der Waals surface area contributed by atoms with Gasteiger partial charge in [0.15, 0.2) is 0 Å². The Hall–Kier alpha value is -1.40. The van der Waals surface area contributed by atoms with Gasteiger partial charge in [0.2, 0.25) is 5.91 Å². The number of nitrogens with one attached hydrogen (secondary N) is 2. The normalized spacial score (nSPS) is 14.7. The van der Waals surface area contributed by atoms with Crippen LogP contribution in [0.3, 0.4) is 0 Å². The molecule has 0 bridgehead atoms. The Balaban J connectivity index is 1.96. The van der Waals surface area contributed by atoms with E-state index in [9.17, 15) is 4.79 Å². The summed E-state index contributed by atoms with van der Waals surface area (Å²) in [5.41, 5.74) is 4.48. The Morgan fingerprint density at radius 1 is 1.19 bits per heavy atom. The number of halogens is 1. The van der Waals surface area contributed by atoms with Crippen molar-refractivity contribution in [3.8, 4) is 0 Å². The highest BCUT2D eigenvalue weighted by Crippen LogP contribution is 2.29. The van der Waals surface area contributed by atoms with Crippen molar-refractivity contribution in [2.45, 2.75) is 19.4 Å². The van der Waals surface area contributed by atoms with Gasteiger partial charge < -0.3 is 10.6 Å². The fourth-order valence-corrected chi connectivity index (χ4v) is 3.08. The highest BCUT2D eigenvalue weighted by atomic mass is 127. The first-order chi connectivity index (χ1) is 10.2. The van der Waals surface area contributed by atoms with Crippen LogP contribution in [0.25, 0.3) is 0 Å². The lowest BCUT2D eigenvalue weighted by Gasteiger charge is -2.20. The van der Waals surface area contributed by atoms with Gasteiger partial charge in [-0.05, 0) is 64.0 Å². The summed E-state index contributed by atoms with van der Waals surface area (Å²) in [4.78, 5) is 11.5. The predicted molar refractivity (Wildman–Crippen MR) is 93.5 cm³/mol. The second kappa shape index (κ2) is 6.15. The largest absolute Gasteiger partial charge is 0.326 e. The van der Waals surface area contributed by atoms with Crippen LogP contribution in [0.2, 0.25) is 0 Å². The molecule has 1 unspecified atom stereocenters. The van der Waals surface area contributed by atoms with E-state index < -0.39 is 0 Å². The lowest BCUT2D eigenvalue weighted by molar-refractivity contribution is -0.115. The van der Waals surface area contributed by atoms with Gasteiger partial charge in [0.25, 0.3) is 0 Å². The molecule has 2 aromatic rings. The number of fused-ring (bicyclic) bond motifs is 1. The first-order valence-electron chi connectivity index (χ1n) is 7.09. The van der Waals surface area contributed by atoms with Gasteiger partial charge in [-0.2, -0.15) is 0 Å². The lowest BCUT2D eigenvalue weighted by atomic mass is 9.96. The topological polar surface area (TPSA) is 41.1 Å². The van der Waals surface area contributed by atoms with E-state index >= 15 is 0 Å². The molecule has 0 aliphatic carbocycles. The molecule has 2 N–H and O–H groups in total. The molecule has 1 aliphatic rings. The van der Waals surface area contributed by atoms with Crippen LogP contribution in [-0.4, -0.2) is 12.5 Å². The van der Waals surface area contributed by atoms with E-state index in [1.807, 2.05) is 6.07 Å². The first-order valence-corrected chi connectivity index (χ1v) is 8.17. The zero-order valence-corrected chi connectivity index (χ0v) is 14.0. The van der Waals surface area contributed by atoms with E-state index in [2.05, 4.69) is 76.5 Å². The quantitative estimate of drug-likeness (QED) is 0.783. The lowest BCUT2D eigenvalue weighted by Crippen LogP contribution is -2.22. The van der Waals surface area contributed by atoms with Crippen molar-refractivity contribution >= 4 is 34.2 Å². The summed E-state index contributed by atoms with van der Waals surface area (Å²) in [7, 11) is 0. The molecule has 0 radical (unpaired) electrons. The molecule has 0 aromatic heterocycles. The van der Waals surface area contributed by atoms with Crippen molar-refractivity contribution in [1.29, 1.82) is 0 Å². The number of hydrogen-bond acceptors (Lipinski definition) is 2. The molecule has 1 atom stereocenters. The molecule has 0 saturated heterocycles. The summed E-state index contributed by atoms with van der Waals surface area (Å²) in [5, 5.41) is 6.41. The van der Waals surface area contributed by atoms with Gasteiger partial charge in [0.05, 0.1) is 12.5 Å². The minimum absolute atomic E-state index is 0.0800. The van der Waals surface area contributed by atoms with Crippen LogP contribution < -0.4 is 10.6 Å². The molecule has 108 valence electrons. The van der Waals surface area contributed by atoms with Crippen LogP contribution >= 0.6 is 22.6 Å². The fourth-order valence-electron chi connectivity index (χ4n) is 2.72. The average Bonchev–Trinajstić information content (AvgIpc) is 2.85. The van der Waals surface area contributed by atoms with Crippen LogP contribution in [0, 0.1) is 3.57 Å². The molecule has 3 nitrogen and oxygen atoms in total. The Kier molecular flexibility index (Phi) is 4.26. The van der Waals surface area contributed by atoms with Crippen LogP contribution in [-0.2, 0) is 11.2 Å². The van der Waals surface area contributed by atoms with Gasteiger partial charge in [-0.3, -0.25) is 4.79 Å². The van der Waals surface area contributed by atoms with Crippen LogP contribution in [0.4, 0.5) is 5.69 Å². The third-order valence-corrected chi connectivity index (χ3v) is 4.42. The summed E-state index contributed by atoms with van der Waals surface area (Å²) in [5.74, 6) is 0.0800. The van der Waals surface area contributed by atoms with Crippen LogP contribution in [0.1, 0.15) is 29.7 Å². The third kappa shape index (κ3) is 3.11. The molecule has 1 aliphatic heterocycles. The predicted octanol–water partition coefficient (Wildman–Crippen LogP) is 3.48. The Labute approximate surface area is 138 Å². The number of carbonyl (C=O) groups is 1. The summed E-state index contributed by atoms with van der Waals surface area (Å²) < 4.78 is 1.23.